The molecular formula is C15H24ClN3O2. The SMILES string of the molecule is COc1ccc(NC(=O)N2CCC(CCN)CC2)cc1.Cl. The zero-order chi connectivity index (χ0) is 14.4. The smallest absolute Gasteiger partial charge is 0.321 e. The van der Waals surface area contributed by atoms with E-state index in [0.717, 1.165) is 50.3 Å². The number of methoxy groups -OCH3 is 1. The van der Waals surface area contributed by atoms with Gasteiger partial charge in [-0.25, -0.2) is 4.79 Å². The van der Waals surface area contributed by atoms with Crippen LogP contribution in [0.1, 0.15) is 19.3 Å². The first-order chi connectivity index (χ1) is 9.72. The summed E-state index contributed by atoms with van der Waals surface area (Å²) in [6.07, 6.45) is 3.16. The Balaban J connectivity index is 0.00000220. The van der Waals surface area contributed by atoms with E-state index in [9.17, 15) is 4.79 Å². The van der Waals surface area contributed by atoms with Crippen molar-refractivity contribution in [1.29, 1.82) is 0 Å². The zero-order valence-corrected chi connectivity index (χ0v) is 13.2. The van der Waals surface area contributed by atoms with Crippen LogP contribution in [-0.2, 0) is 0 Å². The second kappa shape index (κ2) is 8.74. The van der Waals surface area contributed by atoms with Crippen LogP contribution in [0.25, 0.3) is 0 Å². The quantitative estimate of drug-likeness (QED) is 0.898. The minimum atomic E-state index is -0.0265. The number of nitrogens with zero attached hydrogens (tertiary/aromatic N) is 1. The van der Waals surface area contributed by atoms with Crippen LogP contribution in [-0.4, -0.2) is 37.7 Å². The fourth-order valence-corrected chi connectivity index (χ4v) is 2.54. The number of nitrogens with one attached hydrogen (secondary N) is 1. The number of amides is 2. The Morgan fingerprint density at radius 1 is 1.33 bits per heavy atom. The first-order valence-corrected chi connectivity index (χ1v) is 7.13. The summed E-state index contributed by atoms with van der Waals surface area (Å²) in [5.74, 6) is 1.45. The van der Waals surface area contributed by atoms with Gasteiger partial charge >= 0.3 is 6.03 Å². The molecule has 0 unspecified atom stereocenters. The first-order valence-electron chi connectivity index (χ1n) is 7.13. The van der Waals surface area contributed by atoms with E-state index in [1.165, 1.54) is 0 Å². The number of anilines is 1. The van der Waals surface area contributed by atoms with Crippen LogP contribution in [0.15, 0.2) is 24.3 Å². The zero-order valence-electron chi connectivity index (χ0n) is 12.4. The summed E-state index contributed by atoms with van der Waals surface area (Å²) in [4.78, 5) is 14.0. The van der Waals surface area contributed by atoms with Crippen molar-refractivity contribution in [2.24, 2.45) is 11.7 Å². The molecule has 0 bridgehead atoms. The largest absolute Gasteiger partial charge is 0.497 e. The molecule has 2 amide bonds. The Morgan fingerprint density at radius 2 is 1.95 bits per heavy atom. The minimum absolute atomic E-state index is 0. The van der Waals surface area contributed by atoms with Crippen molar-refractivity contribution >= 4 is 24.1 Å². The van der Waals surface area contributed by atoms with Crippen molar-refractivity contribution in [1.82, 2.24) is 4.90 Å². The number of ether oxygens (including phenoxy) is 1. The van der Waals surface area contributed by atoms with Crippen LogP contribution in [0.3, 0.4) is 0 Å². The lowest BCUT2D eigenvalue weighted by atomic mass is 9.94. The maximum absolute atomic E-state index is 12.1. The molecule has 0 aromatic heterocycles. The van der Waals surface area contributed by atoms with Crippen molar-refractivity contribution in [2.45, 2.75) is 19.3 Å². The van der Waals surface area contributed by atoms with Gasteiger partial charge in [0, 0.05) is 18.8 Å². The second-order valence-corrected chi connectivity index (χ2v) is 5.17. The summed E-state index contributed by atoms with van der Waals surface area (Å²) >= 11 is 0. The third kappa shape index (κ3) is 5.10. The first kappa shape index (κ1) is 17.6. The molecule has 1 aromatic carbocycles. The molecule has 2 rings (SSSR count). The lowest BCUT2D eigenvalue weighted by Crippen LogP contribution is -2.41. The lowest BCUT2D eigenvalue weighted by Gasteiger charge is -2.31. The van der Waals surface area contributed by atoms with Gasteiger partial charge in [0.05, 0.1) is 7.11 Å². The van der Waals surface area contributed by atoms with Crippen LogP contribution >= 0.6 is 12.4 Å². The summed E-state index contributed by atoms with van der Waals surface area (Å²) in [6, 6.07) is 7.34. The number of urea groups is 1. The third-order valence-electron chi connectivity index (χ3n) is 3.82. The van der Waals surface area contributed by atoms with Gasteiger partial charge in [0.25, 0.3) is 0 Å². The molecule has 1 aliphatic heterocycles. The molecular weight excluding hydrogens is 290 g/mol. The number of likely N-dealkylation sites (tertiary alicyclic amines) is 1. The average molecular weight is 314 g/mol. The lowest BCUT2D eigenvalue weighted by molar-refractivity contribution is 0.180. The molecule has 1 heterocycles. The summed E-state index contributed by atoms with van der Waals surface area (Å²) in [7, 11) is 1.62. The Kier molecular flexibility index (Phi) is 7.32. The van der Waals surface area contributed by atoms with Crippen LogP contribution in [0.5, 0.6) is 5.75 Å². The normalized spacial score (nSPS) is 15.2. The van der Waals surface area contributed by atoms with Crippen molar-refractivity contribution in [2.75, 3.05) is 32.1 Å². The van der Waals surface area contributed by atoms with Gasteiger partial charge in [-0.1, -0.05) is 0 Å². The molecule has 1 aromatic rings. The predicted octanol–water partition coefficient (Wildman–Crippen LogP) is 2.71. The molecule has 5 nitrogen and oxygen atoms in total. The van der Waals surface area contributed by atoms with Gasteiger partial charge in [-0.3, -0.25) is 0 Å². The topological polar surface area (TPSA) is 67.6 Å². The number of rotatable bonds is 4. The van der Waals surface area contributed by atoms with Crippen molar-refractivity contribution in [3.8, 4) is 5.75 Å². The van der Waals surface area contributed by atoms with E-state index in [2.05, 4.69) is 5.32 Å². The number of hydrogen-bond donors (Lipinski definition) is 2. The predicted molar refractivity (Wildman–Crippen MR) is 87.2 cm³/mol. The number of carbonyl (C=O) groups is 1. The number of hydrogen-bond acceptors (Lipinski definition) is 3. The highest BCUT2D eigenvalue weighted by atomic mass is 35.5. The summed E-state index contributed by atoms with van der Waals surface area (Å²) in [5, 5.41) is 2.92. The number of piperidine rings is 1. The fraction of sp³-hybridized carbons (Fsp3) is 0.533. The van der Waals surface area contributed by atoms with E-state index in [-0.39, 0.29) is 18.4 Å². The number of carbonyl (C=O) groups excluding carboxylic acids is 1. The molecule has 3 N–H and O–H groups in total. The third-order valence-corrected chi connectivity index (χ3v) is 3.82. The van der Waals surface area contributed by atoms with Crippen molar-refractivity contribution < 1.29 is 9.53 Å². The standard InChI is InChI=1S/C15H23N3O2.ClH/c1-20-14-4-2-13(3-5-14)17-15(19)18-10-7-12(6-9-16)8-11-18;/h2-5,12H,6-11,16H2,1H3,(H,17,19);1H. The maximum atomic E-state index is 12.1. The Labute approximate surface area is 132 Å². The molecule has 0 saturated carbocycles. The second-order valence-electron chi connectivity index (χ2n) is 5.17. The molecule has 1 fully saturated rings. The van der Waals surface area contributed by atoms with E-state index >= 15 is 0 Å². The van der Waals surface area contributed by atoms with Crippen LogP contribution in [0.2, 0.25) is 0 Å². The van der Waals surface area contributed by atoms with E-state index in [0.29, 0.717) is 5.92 Å². The summed E-state index contributed by atoms with van der Waals surface area (Å²) < 4.78 is 5.09. The molecule has 1 saturated heterocycles. The minimum Gasteiger partial charge on any atom is -0.497 e. The van der Waals surface area contributed by atoms with Crippen LogP contribution in [0, 0.1) is 5.92 Å². The molecule has 0 aliphatic carbocycles. The van der Waals surface area contributed by atoms with Crippen LogP contribution < -0.4 is 15.8 Å². The molecule has 21 heavy (non-hydrogen) atoms. The van der Waals surface area contributed by atoms with Gasteiger partial charge in [-0.2, -0.15) is 0 Å². The van der Waals surface area contributed by atoms with Gasteiger partial charge in [0.1, 0.15) is 5.75 Å². The van der Waals surface area contributed by atoms with Crippen molar-refractivity contribution in [3.05, 3.63) is 24.3 Å². The highest BCUT2D eigenvalue weighted by Gasteiger charge is 2.22. The summed E-state index contributed by atoms with van der Waals surface area (Å²) in [6.45, 7) is 2.36. The Hall–Kier alpha value is -1.46. The monoisotopic (exact) mass is 313 g/mol. The number of benzene rings is 1. The Morgan fingerprint density at radius 3 is 2.48 bits per heavy atom. The molecule has 118 valence electrons. The highest BCUT2D eigenvalue weighted by Crippen LogP contribution is 2.21. The maximum Gasteiger partial charge on any atom is 0.321 e. The fourth-order valence-electron chi connectivity index (χ4n) is 2.54. The average Bonchev–Trinajstić information content (AvgIpc) is 2.49. The molecule has 0 radical (unpaired) electrons. The van der Waals surface area contributed by atoms with Gasteiger partial charge in [-0.05, 0) is 56.0 Å². The van der Waals surface area contributed by atoms with E-state index in [1.807, 2.05) is 29.2 Å². The molecule has 0 spiro atoms. The van der Waals surface area contributed by atoms with E-state index < -0.39 is 0 Å². The molecule has 1 aliphatic rings. The number of nitrogens with two attached hydrogens (primary N) is 1. The number of halogens is 1. The van der Waals surface area contributed by atoms with Gasteiger partial charge in [0.2, 0.25) is 0 Å². The van der Waals surface area contributed by atoms with Crippen LogP contribution in [0.4, 0.5) is 10.5 Å². The molecule has 6 heteroatoms. The van der Waals surface area contributed by atoms with Gasteiger partial charge in [-0.15, -0.1) is 12.4 Å². The van der Waals surface area contributed by atoms with Gasteiger partial charge in [0.15, 0.2) is 0 Å². The van der Waals surface area contributed by atoms with Crippen molar-refractivity contribution in [3.63, 3.8) is 0 Å². The van der Waals surface area contributed by atoms with Gasteiger partial charge < -0.3 is 20.7 Å². The molecule has 0 atom stereocenters. The highest BCUT2D eigenvalue weighted by molar-refractivity contribution is 5.89. The Bertz CT molecular complexity index is 431. The summed E-state index contributed by atoms with van der Waals surface area (Å²) in [5.41, 5.74) is 6.37. The van der Waals surface area contributed by atoms with E-state index in [4.69, 9.17) is 10.5 Å². The van der Waals surface area contributed by atoms with E-state index in [1.54, 1.807) is 7.11 Å².